The van der Waals surface area contributed by atoms with Gasteiger partial charge in [-0.2, -0.15) is 0 Å². The average Bonchev–Trinajstić information content (AvgIpc) is 3.00. The Hall–Kier alpha value is -2.83. The molecule has 2 N–H and O–H groups in total. The van der Waals surface area contributed by atoms with Crippen LogP contribution in [-0.2, 0) is 13.6 Å². The number of amides is 1. The van der Waals surface area contributed by atoms with E-state index in [1.807, 2.05) is 13.0 Å². The number of fused-ring (bicyclic) bond motifs is 1. The van der Waals surface area contributed by atoms with E-state index >= 15 is 0 Å². The number of carbonyl (C=O) groups excluding carboxylic acids is 1. The maximum absolute atomic E-state index is 12.4. The number of aryl methyl sites for hydroxylation is 3. The summed E-state index contributed by atoms with van der Waals surface area (Å²) >= 11 is 0. The van der Waals surface area contributed by atoms with Gasteiger partial charge >= 0.3 is 0 Å². The van der Waals surface area contributed by atoms with Crippen LogP contribution >= 0.6 is 0 Å². The summed E-state index contributed by atoms with van der Waals surface area (Å²) in [5.41, 5.74) is 1.11. The fourth-order valence-electron chi connectivity index (χ4n) is 2.41. The first-order valence-electron chi connectivity index (χ1n) is 6.85. The molecule has 0 atom stereocenters. The van der Waals surface area contributed by atoms with Gasteiger partial charge in [0.2, 0.25) is 0 Å². The molecule has 3 rings (SSSR count). The zero-order valence-electron chi connectivity index (χ0n) is 12.6. The summed E-state index contributed by atoms with van der Waals surface area (Å²) in [6.07, 6.45) is 0. The van der Waals surface area contributed by atoms with Crippen molar-refractivity contribution >= 4 is 16.9 Å². The van der Waals surface area contributed by atoms with Gasteiger partial charge in [0.1, 0.15) is 11.5 Å². The summed E-state index contributed by atoms with van der Waals surface area (Å²) in [4.78, 5) is 28.7. The Kier molecular flexibility index (Phi) is 3.32. The first kappa shape index (κ1) is 14.1. The lowest BCUT2D eigenvalue weighted by Gasteiger charge is -2.05. The maximum atomic E-state index is 12.4. The number of carbonyl (C=O) groups is 1. The molecule has 0 unspecified atom stereocenters. The summed E-state index contributed by atoms with van der Waals surface area (Å²) < 4.78 is 6.92. The molecule has 0 aliphatic heterocycles. The number of nitrogens with zero attached hydrogens (tertiary/aromatic N) is 2. The Labute approximate surface area is 125 Å². The minimum Gasteiger partial charge on any atom is -0.465 e. The van der Waals surface area contributed by atoms with Crippen molar-refractivity contribution in [1.29, 1.82) is 0 Å². The molecule has 0 saturated heterocycles. The second kappa shape index (κ2) is 5.18. The lowest BCUT2D eigenvalue weighted by molar-refractivity contribution is 0.0949. The van der Waals surface area contributed by atoms with Crippen LogP contribution in [0.15, 0.2) is 27.4 Å². The molecule has 3 heterocycles. The van der Waals surface area contributed by atoms with Crippen LogP contribution < -0.4 is 10.9 Å². The second-order valence-electron chi connectivity index (χ2n) is 5.20. The lowest BCUT2D eigenvalue weighted by atomic mass is 10.1. The molecular formula is C15H16N4O3. The van der Waals surface area contributed by atoms with Crippen LogP contribution in [0.5, 0.6) is 0 Å². The van der Waals surface area contributed by atoms with Crippen molar-refractivity contribution in [3.8, 4) is 0 Å². The minimum absolute atomic E-state index is 0.264. The Bertz CT molecular complexity index is 917. The smallest absolute Gasteiger partial charge is 0.274 e. The lowest BCUT2D eigenvalue weighted by Crippen LogP contribution is -2.24. The van der Waals surface area contributed by atoms with E-state index in [9.17, 15) is 9.59 Å². The Morgan fingerprint density at radius 2 is 2.18 bits per heavy atom. The van der Waals surface area contributed by atoms with E-state index in [0.29, 0.717) is 28.1 Å². The number of aromatic amines is 1. The van der Waals surface area contributed by atoms with Gasteiger partial charge in [-0.05, 0) is 32.0 Å². The molecule has 22 heavy (non-hydrogen) atoms. The third-order valence-electron chi connectivity index (χ3n) is 3.41. The van der Waals surface area contributed by atoms with Gasteiger partial charge in [0, 0.05) is 12.7 Å². The highest BCUT2D eigenvalue weighted by Crippen LogP contribution is 2.14. The fraction of sp³-hybridized carbons (Fsp3) is 0.267. The van der Waals surface area contributed by atoms with E-state index < -0.39 is 0 Å². The number of H-pyrrole nitrogens is 1. The number of furan rings is 1. The molecule has 0 radical (unpaired) electrons. The molecule has 7 nitrogen and oxygen atoms in total. The van der Waals surface area contributed by atoms with Crippen molar-refractivity contribution in [2.24, 2.45) is 7.05 Å². The maximum Gasteiger partial charge on any atom is 0.274 e. The van der Waals surface area contributed by atoms with Crippen LogP contribution in [-0.4, -0.2) is 20.7 Å². The van der Waals surface area contributed by atoms with Crippen molar-refractivity contribution in [3.63, 3.8) is 0 Å². The van der Waals surface area contributed by atoms with E-state index in [1.54, 1.807) is 26.1 Å². The monoisotopic (exact) mass is 300 g/mol. The predicted molar refractivity (Wildman–Crippen MR) is 80.7 cm³/mol. The Morgan fingerprint density at radius 3 is 2.86 bits per heavy atom. The molecule has 3 aromatic heterocycles. The van der Waals surface area contributed by atoms with Gasteiger partial charge in [0.05, 0.1) is 17.5 Å². The van der Waals surface area contributed by atoms with Gasteiger partial charge in [-0.25, -0.2) is 4.98 Å². The van der Waals surface area contributed by atoms with Gasteiger partial charge in [-0.15, -0.1) is 0 Å². The molecule has 0 spiro atoms. The van der Waals surface area contributed by atoms with Crippen LogP contribution in [0.1, 0.15) is 27.6 Å². The minimum atomic E-state index is -0.332. The zero-order chi connectivity index (χ0) is 15.9. The molecule has 1 amide bonds. The van der Waals surface area contributed by atoms with Crippen molar-refractivity contribution in [3.05, 3.63) is 51.3 Å². The molecule has 0 aliphatic carbocycles. The summed E-state index contributed by atoms with van der Waals surface area (Å²) in [6.45, 7) is 3.88. The number of hydrogen-bond acceptors (Lipinski definition) is 4. The Morgan fingerprint density at radius 1 is 1.41 bits per heavy atom. The summed E-state index contributed by atoms with van der Waals surface area (Å²) in [5, 5.41) is 5.67. The van der Waals surface area contributed by atoms with Gasteiger partial charge in [0.15, 0.2) is 5.65 Å². The van der Waals surface area contributed by atoms with E-state index in [-0.39, 0.29) is 18.0 Å². The van der Waals surface area contributed by atoms with E-state index in [1.165, 1.54) is 4.68 Å². The molecule has 0 aromatic carbocycles. The van der Waals surface area contributed by atoms with Crippen LogP contribution in [0.2, 0.25) is 0 Å². The first-order valence-corrected chi connectivity index (χ1v) is 6.85. The molecule has 7 heteroatoms. The third-order valence-corrected chi connectivity index (χ3v) is 3.41. The second-order valence-corrected chi connectivity index (χ2v) is 5.20. The SMILES string of the molecule is Cc1cc(C(=O)NCc2ccc(C)o2)c2c(=O)[nH]n(C)c2n1. The molecule has 0 bridgehead atoms. The van der Waals surface area contributed by atoms with E-state index in [4.69, 9.17) is 4.42 Å². The number of hydrogen-bond donors (Lipinski definition) is 2. The average molecular weight is 300 g/mol. The summed E-state index contributed by atoms with van der Waals surface area (Å²) in [7, 11) is 1.68. The van der Waals surface area contributed by atoms with Crippen molar-refractivity contribution in [2.45, 2.75) is 20.4 Å². The van der Waals surface area contributed by atoms with Crippen LogP contribution in [0, 0.1) is 13.8 Å². The van der Waals surface area contributed by atoms with Crippen LogP contribution in [0.3, 0.4) is 0 Å². The molecular weight excluding hydrogens is 284 g/mol. The van der Waals surface area contributed by atoms with E-state index in [2.05, 4.69) is 15.4 Å². The summed E-state index contributed by atoms with van der Waals surface area (Å²) in [6, 6.07) is 5.25. The van der Waals surface area contributed by atoms with Crippen molar-refractivity contribution in [1.82, 2.24) is 20.1 Å². The van der Waals surface area contributed by atoms with Gasteiger partial charge in [0.25, 0.3) is 11.5 Å². The predicted octanol–water partition coefficient (Wildman–Crippen LogP) is 1.40. The molecule has 0 saturated carbocycles. The Balaban J connectivity index is 1.95. The van der Waals surface area contributed by atoms with Crippen LogP contribution in [0.4, 0.5) is 0 Å². The summed E-state index contributed by atoms with van der Waals surface area (Å²) in [5.74, 6) is 1.11. The largest absolute Gasteiger partial charge is 0.465 e. The van der Waals surface area contributed by atoms with Gasteiger partial charge < -0.3 is 9.73 Å². The zero-order valence-corrected chi connectivity index (χ0v) is 12.6. The molecule has 114 valence electrons. The quantitative estimate of drug-likeness (QED) is 0.764. The topological polar surface area (TPSA) is 92.9 Å². The first-order chi connectivity index (χ1) is 10.5. The number of pyridine rings is 1. The van der Waals surface area contributed by atoms with Gasteiger partial charge in [-0.1, -0.05) is 0 Å². The highest BCUT2D eigenvalue weighted by Gasteiger charge is 2.17. The normalized spacial score (nSPS) is 11.0. The molecule has 0 aliphatic rings. The molecule has 0 fully saturated rings. The van der Waals surface area contributed by atoms with Crippen molar-refractivity contribution in [2.75, 3.05) is 0 Å². The highest BCUT2D eigenvalue weighted by atomic mass is 16.3. The number of aromatic nitrogens is 3. The third kappa shape index (κ3) is 2.41. The highest BCUT2D eigenvalue weighted by molar-refractivity contribution is 6.05. The standard InChI is InChI=1S/C15H16N4O3/c1-8-6-11(12-13(17-8)19(3)18-15(12)21)14(20)16-7-10-5-4-9(2)22-10/h4-6H,7H2,1-3H3,(H,16,20)(H,18,21). The fourth-order valence-corrected chi connectivity index (χ4v) is 2.41. The number of rotatable bonds is 3. The van der Waals surface area contributed by atoms with Crippen LogP contribution in [0.25, 0.3) is 11.0 Å². The number of nitrogens with one attached hydrogen (secondary N) is 2. The van der Waals surface area contributed by atoms with Crippen molar-refractivity contribution < 1.29 is 9.21 Å². The molecule has 3 aromatic rings. The van der Waals surface area contributed by atoms with Gasteiger partial charge in [-0.3, -0.25) is 19.4 Å². The van der Waals surface area contributed by atoms with E-state index in [0.717, 1.165) is 5.76 Å².